The summed E-state index contributed by atoms with van der Waals surface area (Å²) >= 11 is 0. The van der Waals surface area contributed by atoms with Crippen LogP contribution < -0.4 is 0 Å². The van der Waals surface area contributed by atoms with E-state index in [1.807, 2.05) is 4.90 Å². The molecule has 20 heavy (non-hydrogen) atoms. The summed E-state index contributed by atoms with van der Waals surface area (Å²) in [6, 6.07) is 4.35. The van der Waals surface area contributed by atoms with Crippen LogP contribution in [0.1, 0.15) is 19.2 Å². The number of nitro benzene ring substituents is 1. The second kappa shape index (κ2) is 6.44. The Balaban J connectivity index is 2.20. The third kappa shape index (κ3) is 3.31. The number of benzene rings is 1. The lowest BCUT2D eigenvalue weighted by molar-refractivity contribution is -0.384. The minimum atomic E-state index is -0.455. The summed E-state index contributed by atoms with van der Waals surface area (Å²) < 4.78 is 5.57. The number of hydrogen-bond acceptors (Lipinski definition) is 6. The monoisotopic (exact) mass is 279 g/mol. The molecule has 2 aromatic rings. The number of aliphatic hydroxyl groups is 1. The van der Waals surface area contributed by atoms with E-state index in [1.54, 1.807) is 6.07 Å². The quantitative estimate of drug-likeness (QED) is 0.615. The van der Waals surface area contributed by atoms with E-state index in [1.165, 1.54) is 12.1 Å². The van der Waals surface area contributed by atoms with Crippen LogP contribution in [0, 0.1) is 10.1 Å². The van der Waals surface area contributed by atoms with Gasteiger partial charge in [-0.05, 0) is 19.0 Å². The normalized spacial score (nSPS) is 11.3. The van der Waals surface area contributed by atoms with Crippen LogP contribution in [0.5, 0.6) is 0 Å². The van der Waals surface area contributed by atoms with Crippen LogP contribution in [-0.2, 0) is 6.54 Å². The number of non-ortho nitro benzene ring substituents is 1. The number of aliphatic hydroxyl groups excluding tert-OH is 1. The summed E-state index contributed by atoms with van der Waals surface area (Å²) in [4.78, 5) is 16.5. The minimum Gasteiger partial charge on any atom is -0.439 e. The lowest BCUT2D eigenvalue weighted by Crippen LogP contribution is -2.27. The Labute approximate surface area is 116 Å². The number of nitro groups is 1. The Hall–Kier alpha value is -1.99. The Morgan fingerprint density at radius 1 is 1.45 bits per heavy atom. The van der Waals surface area contributed by atoms with Gasteiger partial charge >= 0.3 is 0 Å². The van der Waals surface area contributed by atoms with E-state index in [0.29, 0.717) is 30.1 Å². The lowest BCUT2D eigenvalue weighted by Gasteiger charge is -2.17. The smallest absolute Gasteiger partial charge is 0.271 e. The van der Waals surface area contributed by atoms with Gasteiger partial charge in [0.1, 0.15) is 5.52 Å². The first kappa shape index (κ1) is 14.4. The second-order valence-corrected chi connectivity index (χ2v) is 4.52. The molecule has 1 aromatic carbocycles. The number of aromatic nitrogens is 1. The molecule has 108 valence electrons. The van der Waals surface area contributed by atoms with Crippen molar-refractivity contribution in [2.75, 3.05) is 19.7 Å². The van der Waals surface area contributed by atoms with Crippen molar-refractivity contribution in [3.05, 3.63) is 34.2 Å². The van der Waals surface area contributed by atoms with Crippen molar-refractivity contribution in [1.82, 2.24) is 9.88 Å². The van der Waals surface area contributed by atoms with Gasteiger partial charge in [-0.2, -0.15) is 0 Å². The fraction of sp³-hybridized carbons (Fsp3) is 0.462. The molecule has 7 heteroatoms. The second-order valence-electron chi connectivity index (χ2n) is 4.52. The third-order valence-electron chi connectivity index (χ3n) is 2.94. The fourth-order valence-electron chi connectivity index (χ4n) is 2.06. The van der Waals surface area contributed by atoms with Crippen molar-refractivity contribution in [1.29, 1.82) is 0 Å². The highest BCUT2D eigenvalue weighted by molar-refractivity contribution is 5.75. The molecular formula is C13H17N3O4. The average Bonchev–Trinajstić information content (AvgIpc) is 2.80. The molecule has 1 heterocycles. The van der Waals surface area contributed by atoms with E-state index >= 15 is 0 Å². The lowest BCUT2D eigenvalue weighted by atomic mass is 10.3. The van der Waals surface area contributed by atoms with E-state index < -0.39 is 4.92 Å². The molecule has 0 saturated heterocycles. The zero-order chi connectivity index (χ0) is 14.5. The molecule has 7 nitrogen and oxygen atoms in total. The summed E-state index contributed by atoms with van der Waals surface area (Å²) in [6.45, 7) is 3.99. The van der Waals surface area contributed by atoms with Crippen molar-refractivity contribution in [3.8, 4) is 0 Å². The molecule has 0 atom stereocenters. The van der Waals surface area contributed by atoms with Crippen LogP contribution in [0.25, 0.3) is 11.1 Å². The maximum Gasteiger partial charge on any atom is 0.271 e. The van der Waals surface area contributed by atoms with Crippen molar-refractivity contribution in [3.63, 3.8) is 0 Å². The van der Waals surface area contributed by atoms with Gasteiger partial charge in [0.05, 0.1) is 18.1 Å². The van der Waals surface area contributed by atoms with Gasteiger partial charge in [-0.3, -0.25) is 15.0 Å². The first-order valence-corrected chi connectivity index (χ1v) is 6.51. The number of fused-ring (bicyclic) bond motifs is 1. The number of nitrogens with zero attached hydrogens (tertiary/aromatic N) is 3. The molecule has 0 spiro atoms. The minimum absolute atomic E-state index is 0.00174. The predicted octanol–water partition coefficient (Wildman–Crippen LogP) is 1.94. The van der Waals surface area contributed by atoms with Gasteiger partial charge in [0.2, 0.25) is 5.89 Å². The number of oxazole rings is 1. The molecule has 0 saturated carbocycles. The zero-order valence-electron chi connectivity index (χ0n) is 11.3. The van der Waals surface area contributed by atoms with E-state index in [0.717, 1.165) is 13.0 Å². The van der Waals surface area contributed by atoms with Gasteiger partial charge in [0, 0.05) is 18.7 Å². The van der Waals surface area contributed by atoms with Crippen LogP contribution in [0.2, 0.25) is 0 Å². The van der Waals surface area contributed by atoms with Crippen molar-refractivity contribution in [2.24, 2.45) is 0 Å². The largest absolute Gasteiger partial charge is 0.439 e. The molecule has 0 bridgehead atoms. The molecule has 0 fully saturated rings. The van der Waals surface area contributed by atoms with Crippen LogP contribution in [-0.4, -0.2) is 39.6 Å². The van der Waals surface area contributed by atoms with Gasteiger partial charge in [-0.15, -0.1) is 0 Å². The topological polar surface area (TPSA) is 92.6 Å². The van der Waals surface area contributed by atoms with E-state index in [-0.39, 0.29) is 12.3 Å². The molecule has 0 amide bonds. The van der Waals surface area contributed by atoms with Crippen LogP contribution >= 0.6 is 0 Å². The Morgan fingerprint density at radius 3 is 2.90 bits per heavy atom. The summed E-state index contributed by atoms with van der Waals surface area (Å²) in [7, 11) is 0. The maximum atomic E-state index is 10.7. The third-order valence-corrected chi connectivity index (χ3v) is 2.94. The summed E-state index contributed by atoms with van der Waals surface area (Å²) in [5, 5.41) is 19.7. The van der Waals surface area contributed by atoms with Crippen LogP contribution in [0.15, 0.2) is 22.6 Å². The molecule has 1 N–H and O–H groups in total. The van der Waals surface area contributed by atoms with Crippen molar-refractivity contribution < 1.29 is 14.4 Å². The highest BCUT2D eigenvalue weighted by atomic mass is 16.6. The maximum absolute atomic E-state index is 10.7. The average molecular weight is 279 g/mol. The first-order valence-electron chi connectivity index (χ1n) is 6.51. The summed E-state index contributed by atoms with van der Waals surface area (Å²) in [6.07, 6.45) is 0.964. The SMILES string of the molecule is CCCN(CCO)Cc1nc2cc([N+](=O)[O-])ccc2o1. The molecular weight excluding hydrogens is 262 g/mol. The van der Waals surface area contributed by atoms with E-state index in [2.05, 4.69) is 11.9 Å². The molecule has 1 aromatic heterocycles. The summed E-state index contributed by atoms with van der Waals surface area (Å²) in [5.74, 6) is 0.502. The molecule has 0 aliphatic rings. The van der Waals surface area contributed by atoms with Crippen molar-refractivity contribution in [2.45, 2.75) is 19.9 Å². The standard InChI is InChI=1S/C13H17N3O4/c1-2-5-15(6-7-17)9-13-14-11-8-10(16(18)19)3-4-12(11)20-13/h3-4,8,17H,2,5-7,9H2,1H3. The predicted molar refractivity (Wildman–Crippen MR) is 73.3 cm³/mol. The van der Waals surface area contributed by atoms with Gasteiger partial charge in [0.15, 0.2) is 5.58 Å². The van der Waals surface area contributed by atoms with Gasteiger partial charge in [-0.1, -0.05) is 6.92 Å². The Bertz CT molecular complexity index is 590. The van der Waals surface area contributed by atoms with Gasteiger partial charge in [-0.25, -0.2) is 4.98 Å². The highest BCUT2D eigenvalue weighted by Crippen LogP contribution is 2.22. The molecule has 0 unspecified atom stereocenters. The van der Waals surface area contributed by atoms with Crippen molar-refractivity contribution >= 4 is 16.8 Å². The van der Waals surface area contributed by atoms with Gasteiger partial charge in [0.25, 0.3) is 5.69 Å². The highest BCUT2D eigenvalue weighted by Gasteiger charge is 2.13. The number of rotatable bonds is 7. The summed E-state index contributed by atoms with van der Waals surface area (Å²) in [5.41, 5.74) is 1.01. The Morgan fingerprint density at radius 2 is 2.25 bits per heavy atom. The first-order chi connectivity index (χ1) is 9.63. The Kier molecular flexibility index (Phi) is 4.65. The molecule has 0 aliphatic carbocycles. The number of hydrogen-bond donors (Lipinski definition) is 1. The van der Waals surface area contributed by atoms with E-state index in [4.69, 9.17) is 9.52 Å². The van der Waals surface area contributed by atoms with Crippen LogP contribution in [0.3, 0.4) is 0 Å². The molecule has 0 aliphatic heterocycles. The molecule has 0 radical (unpaired) electrons. The van der Waals surface area contributed by atoms with Gasteiger partial charge < -0.3 is 9.52 Å². The zero-order valence-corrected chi connectivity index (χ0v) is 11.3. The van der Waals surface area contributed by atoms with Crippen LogP contribution in [0.4, 0.5) is 5.69 Å². The van der Waals surface area contributed by atoms with E-state index in [9.17, 15) is 10.1 Å². The molecule has 2 rings (SSSR count). The fourth-order valence-corrected chi connectivity index (χ4v) is 2.06.